The van der Waals surface area contributed by atoms with Gasteiger partial charge in [-0.3, -0.25) is 10.7 Å². The van der Waals surface area contributed by atoms with Gasteiger partial charge in [0.2, 0.25) is 11.8 Å². The number of nitrogens with one attached hydrogen (secondary N) is 1. The van der Waals surface area contributed by atoms with Gasteiger partial charge in [-0.1, -0.05) is 38.1 Å². The van der Waals surface area contributed by atoms with Crippen LogP contribution in [0.3, 0.4) is 0 Å². The predicted molar refractivity (Wildman–Crippen MR) is 102 cm³/mol. The molecule has 144 valence electrons. The molecule has 0 spiro atoms. The van der Waals surface area contributed by atoms with Gasteiger partial charge >= 0.3 is 5.97 Å². The minimum Gasteiger partial charge on any atom is -0.416 e. The number of aromatic nitrogens is 2. The zero-order valence-electron chi connectivity index (χ0n) is 15.8. The van der Waals surface area contributed by atoms with Gasteiger partial charge in [0.25, 0.3) is 0 Å². The van der Waals surface area contributed by atoms with E-state index in [4.69, 9.17) is 15.5 Å². The molecule has 27 heavy (non-hydrogen) atoms. The Morgan fingerprint density at radius 3 is 2.70 bits per heavy atom. The Balaban J connectivity index is 0.00000176. The van der Waals surface area contributed by atoms with Crippen molar-refractivity contribution in [1.82, 2.24) is 15.7 Å². The number of benzene rings is 1. The fourth-order valence-corrected chi connectivity index (χ4v) is 1.91. The summed E-state index contributed by atoms with van der Waals surface area (Å²) in [7, 11) is 0. The average molecular weight is 372 g/mol. The van der Waals surface area contributed by atoms with E-state index in [2.05, 4.69) is 20.5 Å². The smallest absolute Gasteiger partial charge is 0.356 e. The van der Waals surface area contributed by atoms with Crippen molar-refractivity contribution < 1.29 is 19.3 Å². The Morgan fingerprint density at radius 1 is 1.33 bits per heavy atom. The molecule has 1 aromatic carbocycles. The molecule has 0 saturated heterocycles. The van der Waals surface area contributed by atoms with E-state index in [9.17, 15) is 4.79 Å². The lowest BCUT2D eigenvalue weighted by molar-refractivity contribution is 0.0503. The lowest BCUT2D eigenvalue weighted by Crippen LogP contribution is -2.09. The SMILES string of the molecule is CC.C\C=C(/C=C\C=C(/C)c1nnc(-c2cccc(C(=O)ON)c2)o1)NO. The van der Waals surface area contributed by atoms with Crippen LogP contribution in [0.4, 0.5) is 0 Å². The Hall–Kier alpha value is -3.23. The number of carbonyl (C=O) groups is 1. The fraction of sp³-hybridized carbons (Fsp3) is 0.211. The minimum absolute atomic E-state index is 0.268. The Morgan fingerprint density at radius 2 is 2.07 bits per heavy atom. The van der Waals surface area contributed by atoms with Crippen LogP contribution in [0.15, 0.2) is 58.7 Å². The second kappa shape index (κ2) is 11.4. The summed E-state index contributed by atoms with van der Waals surface area (Å²) in [6, 6.07) is 6.52. The molecule has 8 heteroatoms. The van der Waals surface area contributed by atoms with Crippen molar-refractivity contribution in [2.75, 3.05) is 0 Å². The number of hydroxylamine groups is 1. The van der Waals surface area contributed by atoms with Crippen LogP contribution in [-0.2, 0) is 4.84 Å². The van der Waals surface area contributed by atoms with Crippen LogP contribution < -0.4 is 11.4 Å². The highest BCUT2D eigenvalue weighted by Gasteiger charge is 2.12. The van der Waals surface area contributed by atoms with Gasteiger partial charge in [-0.15, -0.1) is 10.2 Å². The number of nitrogens with zero attached hydrogens (tertiary/aromatic N) is 2. The number of rotatable bonds is 6. The van der Waals surface area contributed by atoms with Gasteiger partial charge < -0.3 is 9.25 Å². The van der Waals surface area contributed by atoms with Crippen molar-refractivity contribution in [2.24, 2.45) is 5.90 Å². The third-order valence-electron chi connectivity index (χ3n) is 3.28. The van der Waals surface area contributed by atoms with Crippen molar-refractivity contribution in [3.05, 3.63) is 65.7 Å². The van der Waals surface area contributed by atoms with E-state index >= 15 is 0 Å². The van der Waals surface area contributed by atoms with Crippen molar-refractivity contribution in [2.45, 2.75) is 27.7 Å². The predicted octanol–water partition coefficient (Wildman–Crippen LogP) is 3.64. The first kappa shape index (κ1) is 21.8. The summed E-state index contributed by atoms with van der Waals surface area (Å²) in [6.45, 7) is 7.60. The third kappa shape index (κ3) is 6.21. The highest BCUT2D eigenvalue weighted by atomic mass is 16.7. The molecule has 0 fully saturated rings. The quantitative estimate of drug-likeness (QED) is 0.519. The van der Waals surface area contributed by atoms with Crippen LogP contribution in [0.5, 0.6) is 0 Å². The van der Waals surface area contributed by atoms with E-state index in [-0.39, 0.29) is 11.5 Å². The van der Waals surface area contributed by atoms with Crippen LogP contribution in [-0.4, -0.2) is 21.4 Å². The van der Waals surface area contributed by atoms with Crippen LogP contribution >= 0.6 is 0 Å². The molecule has 1 heterocycles. The molecule has 0 saturated carbocycles. The zero-order chi connectivity index (χ0) is 20.2. The van der Waals surface area contributed by atoms with Crippen LogP contribution in [0, 0.1) is 0 Å². The zero-order valence-corrected chi connectivity index (χ0v) is 15.8. The molecule has 4 N–H and O–H groups in total. The second-order valence-electron chi connectivity index (χ2n) is 4.96. The first-order chi connectivity index (χ1) is 13.1. The Kier molecular flexibility index (Phi) is 9.21. The van der Waals surface area contributed by atoms with Gasteiger partial charge in [-0.2, -0.15) is 5.90 Å². The molecule has 8 nitrogen and oxygen atoms in total. The summed E-state index contributed by atoms with van der Waals surface area (Å²) in [5, 5.41) is 16.8. The molecule has 0 aliphatic heterocycles. The van der Waals surface area contributed by atoms with E-state index < -0.39 is 5.97 Å². The van der Waals surface area contributed by atoms with Gasteiger partial charge in [0.15, 0.2) is 0 Å². The van der Waals surface area contributed by atoms with E-state index in [0.717, 1.165) is 5.57 Å². The normalized spacial score (nSPS) is 11.8. The summed E-state index contributed by atoms with van der Waals surface area (Å²) in [6.07, 6.45) is 6.89. The molecule has 2 aromatic rings. The topological polar surface area (TPSA) is 124 Å². The standard InChI is InChI=1S/C17H18N4O4.C2H6/c1-3-14(21-23)9-4-6-11(2)15-19-20-16(24-15)12-7-5-8-13(10-12)17(22)25-18;1-2/h3-10,21,23H,18H2,1-2H3;1-2H3/b9-4-,11-6+,14-3+;. The minimum atomic E-state index is -0.653. The van der Waals surface area contributed by atoms with Crippen molar-refractivity contribution in [1.29, 1.82) is 0 Å². The number of hydrogen-bond acceptors (Lipinski definition) is 8. The monoisotopic (exact) mass is 372 g/mol. The Labute approximate surface area is 158 Å². The molecule has 0 amide bonds. The summed E-state index contributed by atoms with van der Waals surface area (Å²) >= 11 is 0. The van der Waals surface area contributed by atoms with E-state index in [1.165, 1.54) is 0 Å². The summed E-state index contributed by atoms with van der Waals surface area (Å²) < 4.78 is 5.62. The van der Waals surface area contributed by atoms with Gasteiger partial charge in [0, 0.05) is 11.1 Å². The Bertz CT molecular complexity index is 838. The molecule has 0 bridgehead atoms. The van der Waals surface area contributed by atoms with E-state index in [0.29, 0.717) is 17.2 Å². The van der Waals surface area contributed by atoms with Crippen LogP contribution in [0.2, 0.25) is 0 Å². The molecule has 0 atom stereocenters. The first-order valence-corrected chi connectivity index (χ1v) is 8.35. The summed E-state index contributed by atoms with van der Waals surface area (Å²) in [5.41, 5.74) is 4.21. The van der Waals surface area contributed by atoms with Crippen LogP contribution in [0.1, 0.15) is 43.9 Å². The second-order valence-corrected chi connectivity index (χ2v) is 4.96. The first-order valence-electron chi connectivity index (χ1n) is 8.35. The van der Waals surface area contributed by atoms with E-state index in [1.54, 1.807) is 55.5 Å². The van der Waals surface area contributed by atoms with Crippen LogP contribution in [0.25, 0.3) is 17.0 Å². The molecule has 2 rings (SSSR count). The average Bonchev–Trinajstić information content (AvgIpc) is 3.22. The van der Waals surface area contributed by atoms with Crippen molar-refractivity contribution in [3.63, 3.8) is 0 Å². The number of hydrogen-bond donors (Lipinski definition) is 3. The van der Waals surface area contributed by atoms with Gasteiger partial charge in [0.1, 0.15) is 0 Å². The van der Waals surface area contributed by atoms with Crippen molar-refractivity contribution in [3.8, 4) is 11.5 Å². The highest BCUT2D eigenvalue weighted by Crippen LogP contribution is 2.22. The third-order valence-corrected chi connectivity index (χ3v) is 3.28. The van der Waals surface area contributed by atoms with Gasteiger partial charge in [0.05, 0.1) is 11.3 Å². The number of allylic oxidation sites excluding steroid dienone is 5. The maximum atomic E-state index is 11.5. The molecule has 0 unspecified atom stereocenters. The highest BCUT2D eigenvalue weighted by molar-refractivity contribution is 5.90. The van der Waals surface area contributed by atoms with Gasteiger partial charge in [-0.05, 0) is 38.1 Å². The lowest BCUT2D eigenvalue weighted by Gasteiger charge is -1.99. The molecule has 0 radical (unpaired) electrons. The molecule has 0 aliphatic carbocycles. The maximum Gasteiger partial charge on any atom is 0.356 e. The number of nitrogens with two attached hydrogens (primary N) is 1. The van der Waals surface area contributed by atoms with Gasteiger partial charge in [-0.25, -0.2) is 4.79 Å². The molecule has 0 aliphatic rings. The van der Waals surface area contributed by atoms with Crippen molar-refractivity contribution >= 4 is 11.5 Å². The van der Waals surface area contributed by atoms with E-state index in [1.807, 2.05) is 20.8 Å². The number of carbonyl (C=O) groups excluding carboxylic acids is 1. The fourth-order valence-electron chi connectivity index (χ4n) is 1.91. The molecular formula is C19H24N4O4. The lowest BCUT2D eigenvalue weighted by atomic mass is 10.1. The largest absolute Gasteiger partial charge is 0.416 e. The molecule has 1 aromatic heterocycles. The maximum absolute atomic E-state index is 11.5. The molecular weight excluding hydrogens is 348 g/mol. The summed E-state index contributed by atoms with van der Waals surface area (Å²) in [4.78, 5) is 15.7. The summed E-state index contributed by atoms with van der Waals surface area (Å²) in [5.74, 6) is 4.84.